The minimum atomic E-state index is -0.364. The van der Waals surface area contributed by atoms with Crippen LogP contribution in [0.5, 0.6) is 0 Å². The van der Waals surface area contributed by atoms with Crippen LogP contribution in [0.3, 0.4) is 0 Å². The summed E-state index contributed by atoms with van der Waals surface area (Å²) in [6.07, 6.45) is 2.34. The van der Waals surface area contributed by atoms with Gasteiger partial charge in [-0.1, -0.05) is 12.1 Å². The van der Waals surface area contributed by atoms with Crippen LogP contribution in [0.25, 0.3) is 0 Å². The molecule has 1 saturated heterocycles. The van der Waals surface area contributed by atoms with Crippen molar-refractivity contribution in [2.45, 2.75) is 25.4 Å². The quantitative estimate of drug-likeness (QED) is 0.836. The zero-order valence-electron chi connectivity index (χ0n) is 11.6. The van der Waals surface area contributed by atoms with E-state index < -0.39 is 0 Å². The van der Waals surface area contributed by atoms with Crippen molar-refractivity contribution in [3.8, 4) is 6.07 Å². The number of piperidine rings is 1. The number of halogens is 1. The summed E-state index contributed by atoms with van der Waals surface area (Å²) in [6, 6.07) is 7.49. The molecule has 19 heavy (non-hydrogen) atoms. The van der Waals surface area contributed by atoms with E-state index in [2.05, 4.69) is 23.9 Å². The molecular formula is C15H20FN3. The summed E-state index contributed by atoms with van der Waals surface area (Å²) >= 11 is 0. The Kier molecular flexibility index (Phi) is 4.52. The van der Waals surface area contributed by atoms with Gasteiger partial charge >= 0.3 is 0 Å². The second-order valence-electron chi connectivity index (χ2n) is 5.39. The van der Waals surface area contributed by atoms with Crippen molar-refractivity contribution in [2.75, 3.05) is 27.2 Å². The van der Waals surface area contributed by atoms with Gasteiger partial charge in [-0.2, -0.15) is 5.26 Å². The average molecular weight is 261 g/mol. The molecule has 1 aliphatic heterocycles. The molecule has 102 valence electrons. The lowest BCUT2D eigenvalue weighted by molar-refractivity contribution is 0.127. The van der Waals surface area contributed by atoms with E-state index in [0.717, 1.165) is 19.5 Å². The highest BCUT2D eigenvalue weighted by molar-refractivity contribution is 5.34. The highest BCUT2D eigenvalue weighted by atomic mass is 19.1. The normalized spacial score (nSPS) is 20.5. The topological polar surface area (TPSA) is 30.3 Å². The monoisotopic (exact) mass is 261 g/mol. The average Bonchev–Trinajstić information content (AvgIpc) is 2.41. The van der Waals surface area contributed by atoms with E-state index in [0.29, 0.717) is 18.2 Å². The Morgan fingerprint density at radius 1 is 1.47 bits per heavy atom. The molecule has 0 bridgehead atoms. The molecule has 1 aromatic rings. The number of nitrogens with zero attached hydrogens (tertiary/aromatic N) is 3. The molecule has 1 aromatic carbocycles. The van der Waals surface area contributed by atoms with Crippen LogP contribution in [-0.4, -0.2) is 43.0 Å². The number of likely N-dealkylation sites (N-methyl/N-ethyl adjacent to an activating group) is 1. The predicted octanol–water partition coefficient (Wildman–Crippen LogP) is 2.22. The van der Waals surface area contributed by atoms with Crippen molar-refractivity contribution in [1.29, 1.82) is 5.26 Å². The first-order chi connectivity index (χ1) is 9.11. The molecule has 1 unspecified atom stereocenters. The maximum atomic E-state index is 14.0. The molecule has 0 aromatic heterocycles. The fraction of sp³-hybridized carbons (Fsp3) is 0.533. The summed E-state index contributed by atoms with van der Waals surface area (Å²) < 4.78 is 14.0. The van der Waals surface area contributed by atoms with Gasteiger partial charge in [-0.25, -0.2) is 4.39 Å². The molecule has 4 heteroatoms. The summed E-state index contributed by atoms with van der Waals surface area (Å²) in [6.45, 7) is 2.55. The van der Waals surface area contributed by atoms with E-state index in [1.165, 1.54) is 12.5 Å². The minimum absolute atomic E-state index is 0.138. The lowest BCUT2D eigenvalue weighted by Gasteiger charge is -2.36. The maximum absolute atomic E-state index is 14.0. The first kappa shape index (κ1) is 14.0. The summed E-state index contributed by atoms with van der Waals surface area (Å²) in [5.74, 6) is -0.364. The highest BCUT2D eigenvalue weighted by Crippen LogP contribution is 2.19. The summed E-state index contributed by atoms with van der Waals surface area (Å²) in [7, 11) is 4.18. The van der Waals surface area contributed by atoms with Crippen molar-refractivity contribution in [3.63, 3.8) is 0 Å². The number of hydrogen-bond acceptors (Lipinski definition) is 3. The molecule has 1 heterocycles. The zero-order chi connectivity index (χ0) is 13.8. The van der Waals surface area contributed by atoms with Crippen LogP contribution in [0.4, 0.5) is 4.39 Å². The van der Waals surface area contributed by atoms with Crippen LogP contribution in [-0.2, 0) is 6.54 Å². The van der Waals surface area contributed by atoms with Crippen molar-refractivity contribution in [2.24, 2.45) is 0 Å². The number of nitriles is 1. The van der Waals surface area contributed by atoms with Gasteiger partial charge in [-0.15, -0.1) is 0 Å². The summed E-state index contributed by atoms with van der Waals surface area (Å²) in [4.78, 5) is 4.50. The molecule has 0 spiro atoms. The zero-order valence-corrected chi connectivity index (χ0v) is 11.6. The largest absolute Gasteiger partial charge is 0.305 e. The van der Waals surface area contributed by atoms with Crippen LogP contribution >= 0.6 is 0 Å². The highest BCUT2D eigenvalue weighted by Gasteiger charge is 2.22. The van der Waals surface area contributed by atoms with Gasteiger partial charge in [0.25, 0.3) is 0 Å². The first-order valence-corrected chi connectivity index (χ1v) is 6.68. The number of hydrogen-bond donors (Lipinski definition) is 0. The lowest BCUT2D eigenvalue weighted by atomic mass is 10.0. The molecule has 1 atom stereocenters. The van der Waals surface area contributed by atoms with Crippen molar-refractivity contribution >= 4 is 0 Å². The minimum Gasteiger partial charge on any atom is -0.305 e. The molecule has 0 amide bonds. The molecule has 1 fully saturated rings. The third-order valence-electron chi connectivity index (χ3n) is 3.80. The molecule has 0 aliphatic carbocycles. The molecule has 0 radical (unpaired) electrons. The number of likely N-dealkylation sites (tertiary alicyclic amines) is 1. The molecule has 1 aliphatic rings. The Morgan fingerprint density at radius 3 is 2.95 bits per heavy atom. The number of benzene rings is 1. The van der Waals surface area contributed by atoms with Crippen LogP contribution < -0.4 is 0 Å². The van der Waals surface area contributed by atoms with E-state index in [1.54, 1.807) is 12.1 Å². The fourth-order valence-corrected chi connectivity index (χ4v) is 2.63. The SMILES string of the molecule is CN(C)C1CCCN(Cc2cccc(C#N)c2F)C1. The van der Waals surface area contributed by atoms with E-state index in [1.807, 2.05) is 6.07 Å². The molecule has 0 N–H and O–H groups in total. The van der Waals surface area contributed by atoms with Gasteiger partial charge in [-0.3, -0.25) is 4.90 Å². The van der Waals surface area contributed by atoms with Crippen molar-refractivity contribution < 1.29 is 4.39 Å². The Labute approximate surface area is 114 Å². The first-order valence-electron chi connectivity index (χ1n) is 6.68. The van der Waals surface area contributed by atoms with Gasteiger partial charge in [0.05, 0.1) is 5.56 Å². The van der Waals surface area contributed by atoms with Gasteiger partial charge in [0, 0.05) is 24.7 Å². The van der Waals surface area contributed by atoms with Crippen LogP contribution in [0, 0.1) is 17.1 Å². The Morgan fingerprint density at radius 2 is 2.26 bits per heavy atom. The van der Waals surface area contributed by atoms with Crippen molar-refractivity contribution in [3.05, 3.63) is 35.1 Å². The van der Waals surface area contributed by atoms with E-state index in [-0.39, 0.29) is 11.4 Å². The smallest absolute Gasteiger partial charge is 0.145 e. The predicted molar refractivity (Wildman–Crippen MR) is 73.1 cm³/mol. The van der Waals surface area contributed by atoms with Crippen LogP contribution in [0.2, 0.25) is 0 Å². The molecule has 0 saturated carbocycles. The molecular weight excluding hydrogens is 241 g/mol. The standard InChI is InChI=1S/C15H20FN3/c1-18(2)14-7-4-8-19(11-14)10-13-6-3-5-12(9-17)15(13)16/h3,5-6,14H,4,7-8,10-11H2,1-2H3. The molecule has 2 rings (SSSR count). The summed E-state index contributed by atoms with van der Waals surface area (Å²) in [5, 5.41) is 8.85. The maximum Gasteiger partial charge on any atom is 0.145 e. The van der Waals surface area contributed by atoms with E-state index in [9.17, 15) is 4.39 Å². The number of rotatable bonds is 3. The Bertz CT molecular complexity index is 479. The van der Waals surface area contributed by atoms with Crippen LogP contribution in [0.1, 0.15) is 24.0 Å². The fourth-order valence-electron chi connectivity index (χ4n) is 2.63. The van der Waals surface area contributed by atoms with Gasteiger partial charge < -0.3 is 4.90 Å². The van der Waals surface area contributed by atoms with Gasteiger partial charge in [0.15, 0.2) is 0 Å². The van der Waals surface area contributed by atoms with Gasteiger partial charge in [0.1, 0.15) is 11.9 Å². The molecule has 3 nitrogen and oxygen atoms in total. The van der Waals surface area contributed by atoms with E-state index in [4.69, 9.17) is 5.26 Å². The second kappa shape index (κ2) is 6.14. The second-order valence-corrected chi connectivity index (χ2v) is 5.39. The third-order valence-corrected chi connectivity index (χ3v) is 3.80. The van der Waals surface area contributed by atoms with Crippen molar-refractivity contribution in [1.82, 2.24) is 9.80 Å². The Hall–Kier alpha value is -1.44. The van der Waals surface area contributed by atoms with Gasteiger partial charge in [0.2, 0.25) is 0 Å². The lowest BCUT2D eigenvalue weighted by Crippen LogP contribution is -2.44. The van der Waals surface area contributed by atoms with E-state index >= 15 is 0 Å². The summed E-state index contributed by atoms with van der Waals surface area (Å²) in [5.41, 5.74) is 0.761. The van der Waals surface area contributed by atoms with Crippen LogP contribution in [0.15, 0.2) is 18.2 Å². The van der Waals surface area contributed by atoms with Gasteiger partial charge in [-0.05, 0) is 39.5 Å². The Balaban J connectivity index is 2.07. The third kappa shape index (κ3) is 3.31.